The zero-order valence-electron chi connectivity index (χ0n) is 16.1. The lowest BCUT2D eigenvalue weighted by atomic mass is 9.99. The minimum Gasteiger partial charge on any atom is -0.465 e. The van der Waals surface area contributed by atoms with Gasteiger partial charge in [-0.15, -0.1) is 0 Å². The molecule has 0 bridgehead atoms. The van der Waals surface area contributed by atoms with Crippen LogP contribution in [0.25, 0.3) is 0 Å². The van der Waals surface area contributed by atoms with Gasteiger partial charge in [0.15, 0.2) is 0 Å². The Hall–Kier alpha value is -2.53. The minimum atomic E-state index is -4.19. The number of nitrogens with one attached hydrogen (secondary N) is 1. The van der Waals surface area contributed by atoms with Crippen molar-refractivity contribution in [2.45, 2.75) is 42.4 Å². The molecule has 1 fully saturated rings. The van der Waals surface area contributed by atoms with E-state index < -0.39 is 39.6 Å². The second-order valence-electron chi connectivity index (χ2n) is 6.98. The fraction of sp³-hybridized carbons (Fsp3) is 0.350. The lowest BCUT2D eigenvalue weighted by Crippen LogP contribution is -2.54. The maximum absolute atomic E-state index is 13.0. The molecule has 0 saturated heterocycles. The number of carbonyl (C=O) groups excluding carboxylic acids is 1. The van der Waals surface area contributed by atoms with Gasteiger partial charge in [0.05, 0.1) is 23.7 Å². The normalized spacial score (nSPS) is 23.9. The highest BCUT2D eigenvalue weighted by Gasteiger charge is 2.53. The van der Waals surface area contributed by atoms with Crippen LogP contribution < -0.4 is 9.46 Å². The quantitative estimate of drug-likeness (QED) is 0.562. The van der Waals surface area contributed by atoms with E-state index in [4.69, 9.17) is 9.47 Å². The second kappa shape index (κ2) is 8.68. The zero-order chi connectivity index (χ0) is 21.9. The molecular weight excluding hydrogens is 417 g/mol. The molecule has 3 rings (SSSR count). The Kier molecular flexibility index (Phi) is 6.41. The molecule has 0 spiro atoms. The molecule has 2 aromatic rings. The number of rotatable bonds is 7. The Morgan fingerprint density at radius 3 is 2.07 bits per heavy atom. The smallest absolute Gasteiger partial charge is 0.327 e. The lowest BCUT2D eigenvalue weighted by Gasteiger charge is -2.27. The number of halogens is 1. The summed E-state index contributed by atoms with van der Waals surface area (Å²) in [6.07, 6.45) is -3.14. The summed E-state index contributed by atoms with van der Waals surface area (Å²) in [4.78, 5) is 12.3. The van der Waals surface area contributed by atoms with E-state index in [9.17, 15) is 27.8 Å². The topological polar surface area (TPSA) is 122 Å². The van der Waals surface area contributed by atoms with Gasteiger partial charge in [-0.05, 0) is 55.5 Å². The zero-order valence-corrected chi connectivity index (χ0v) is 16.9. The highest BCUT2D eigenvalue weighted by Crippen LogP contribution is 2.34. The molecule has 0 aromatic heterocycles. The first-order valence-electron chi connectivity index (χ1n) is 9.26. The van der Waals surface area contributed by atoms with Crippen molar-refractivity contribution in [3.05, 3.63) is 54.3 Å². The number of hydrogen-bond donors (Lipinski definition) is 3. The van der Waals surface area contributed by atoms with Crippen molar-refractivity contribution in [2.24, 2.45) is 0 Å². The number of ether oxygens (including phenoxy) is 2. The van der Waals surface area contributed by atoms with E-state index in [2.05, 4.69) is 4.72 Å². The summed E-state index contributed by atoms with van der Waals surface area (Å²) < 4.78 is 51.5. The number of hydrogen-bond acceptors (Lipinski definition) is 7. The van der Waals surface area contributed by atoms with Crippen LogP contribution in [0.15, 0.2) is 53.4 Å². The number of sulfonamides is 1. The predicted octanol–water partition coefficient (Wildman–Crippen LogP) is 1.71. The molecule has 0 heterocycles. The van der Waals surface area contributed by atoms with Gasteiger partial charge in [-0.1, -0.05) is 0 Å². The van der Waals surface area contributed by atoms with E-state index in [0.29, 0.717) is 11.5 Å². The van der Waals surface area contributed by atoms with Gasteiger partial charge >= 0.3 is 5.97 Å². The van der Waals surface area contributed by atoms with Crippen LogP contribution in [0.1, 0.15) is 19.8 Å². The molecule has 8 nitrogen and oxygen atoms in total. The lowest BCUT2D eigenvalue weighted by molar-refractivity contribution is -0.150. The fourth-order valence-corrected chi connectivity index (χ4v) is 4.65. The number of carbonyl (C=O) groups is 1. The van der Waals surface area contributed by atoms with Crippen molar-refractivity contribution in [1.82, 2.24) is 4.72 Å². The van der Waals surface area contributed by atoms with E-state index in [1.54, 1.807) is 6.92 Å². The van der Waals surface area contributed by atoms with Crippen LogP contribution in [-0.4, -0.2) is 49.0 Å². The Morgan fingerprint density at radius 1 is 1.07 bits per heavy atom. The summed E-state index contributed by atoms with van der Waals surface area (Å²) in [6, 6.07) is 10.7. The molecule has 2 unspecified atom stereocenters. The molecule has 162 valence electrons. The van der Waals surface area contributed by atoms with E-state index >= 15 is 0 Å². The third-order valence-electron chi connectivity index (χ3n) is 4.74. The van der Waals surface area contributed by atoms with E-state index in [1.807, 2.05) is 0 Å². The first kappa shape index (κ1) is 22.2. The van der Waals surface area contributed by atoms with Gasteiger partial charge in [0, 0.05) is 12.8 Å². The van der Waals surface area contributed by atoms with Crippen molar-refractivity contribution in [2.75, 3.05) is 6.61 Å². The Bertz CT molecular complexity index is 983. The van der Waals surface area contributed by atoms with Gasteiger partial charge in [-0.2, -0.15) is 4.72 Å². The third-order valence-corrected chi connectivity index (χ3v) is 6.29. The van der Waals surface area contributed by atoms with Crippen molar-refractivity contribution < 1.29 is 37.3 Å². The van der Waals surface area contributed by atoms with Gasteiger partial charge in [0.25, 0.3) is 0 Å². The third kappa shape index (κ3) is 4.78. The van der Waals surface area contributed by atoms with Crippen molar-refractivity contribution in [1.29, 1.82) is 0 Å². The summed E-state index contributed by atoms with van der Waals surface area (Å²) in [5.41, 5.74) is -1.77. The molecule has 0 radical (unpaired) electrons. The monoisotopic (exact) mass is 439 g/mol. The maximum atomic E-state index is 13.0. The van der Waals surface area contributed by atoms with E-state index in [0.717, 1.165) is 0 Å². The molecule has 1 saturated carbocycles. The minimum absolute atomic E-state index is 0.0178. The highest BCUT2D eigenvalue weighted by molar-refractivity contribution is 7.89. The molecule has 0 aliphatic heterocycles. The van der Waals surface area contributed by atoms with Gasteiger partial charge in [-0.25, -0.2) is 12.8 Å². The maximum Gasteiger partial charge on any atom is 0.327 e. The summed E-state index contributed by atoms with van der Waals surface area (Å²) in [5, 5.41) is 19.8. The SMILES string of the molecule is CCOC(=O)C1(NS(=O)(=O)c2ccc(Oc3ccc(F)cc3)cc2)CC(O)C(O)C1. The first-order chi connectivity index (χ1) is 14.1. The van der Waals surface area contributed by atoms with Gasteiger partial charge < -0.3 is 19.7 Å². The van der Waals surface area contributed by atoms with Crippen LogP contribution in [0.4, 0.5) is 4.39 Å². The van der Waals surface area contributed by atoms with Gasteiger partial charge in [-0.3, -0.25) is 4.79 Å². The number of aliphatic hydroxyl groups excluding tert-OH is 2. The molecule has 2 atom stereocenters. The molecule has 2 aromatic carbocycles. The van der Waals surface area contributed by atoms with Crippen LogP contribution in [0.2, 0.25) is 0 Å². The summed E-state index contributed by atoms with van der Waals surface area (Å²) >= 11 is 0. The highest BCUT2D eigenvalue weighted by atomic mass is 32.2. The largest absolute Gasteiger partial charge is 0.465 e. The van der Waals surface area contributed by atoms with E-state index in [1.165, 1.54) is 48.5 Å². The van der Waals surface area contributed by atoms with Crippen LogP contribution in [0.3, 0.4) is 0 Å². The average Bonchev–Trinajstić information content (AvgIpc) is 2.98. The number of esters is 1. The van der Waals surface area contributed by atoms with Gasteiger partial charge in [0.2, 0.25) is 10.0 Å². The summed E-state index contributed by atoms with van der Waals surface area (Å²) in [6.45, 7) is 1.59. The molecule has 1 aliphatic rings. The van der Waals surface area contributed by atoms with Crippen molar-refractivity contribution in [3.63, 3.8) is 0 Å². The van der Waals surface area contributed by atoms with Crippen LogP contribution in [-0.2, 0) is 19.6 Å². The molecule has 3 N–H and O–H groups in total. The second-order valence-corrected chi connectivity index (χ2v) is 8.66. The molecule has 10 heteroatoms. The molecular formula is C20H22FNO7S. The number of aliphatic hydroxyl groups is 2. The Balaban J connectivity index is 1.80. The van der Waals surface area contributed by atoms with Crippen LogP contribution >= 0.6 is 0 Å². The molecule has 1 aliphatic carbocycles. The van der Waals surface area contributed by atoms with Crippen molar-refractivity contribution in [3.8, 4) is 11.5 Å². The first-order valence-corrected chi connectivity index (χ1v) is 10.7. The summed E-state index contributed by atoms with van der Waals surface area (Å²) in [7, 11) is -4.19. The van der Waals surface area contributed by atoms with E-state index in [-0.39, 0.29) is 24.3 Å². The van der Waals surface area contributed by atoms with Crippen LogP contribution in [0, 0.1) is 5.82 Å². The van der Waals surface area contributed by atoms with Crippen molar-refractivity contribution >= 4 is 16.0 Å². The molecule has 30 heavy (non-hydrogen) atoms. The Labute approximate surface area is 173 Å². The summed E-state index contributed by atoms with van der Waals surface area (Å²) in [5.74, 6) is -0.569. The molecule has 0 amide bonds. The predicted molar refractivity (Wildman–Crippen MR) is 104 cm³/mol. The van der Waals surface area contributed by atoms with Crippen LogP contribution in [0.5, 0.6) is 11.5 Å². The number of benzene rings is 2. The standard InChI is InChI=1S/C20H22FNO7S/c1-2-28-19(25)20(11-17(23)18(24)12-20)22-30(26,27)16-9-7-15(8-10-16)29-14-5-3-13(21)4-6-14/h3-10,17-18,22-24H,2,11-12H2,1H3. The fourth-order valence-electron chi connectivity index (χ4n) is 3.27. The Morgan fingerprint density at radius 2 is 1.57 bits per heavy atom. The van der Waals surface area contributed by atoms with Gasteiger partial charge in [0.1, 0.15) is 22.9 Å². The average molecular weight is 439 g/mol.